The van der Waals surface area contributed by atoms with E-state index in [4.69, 9.17) is 10.8 Å². The predicted octanol–water partition coefficient (Wildman–Crippen LogP) is 0.0313. The van der Waals surface area contributed by atoms with Gasteiger partial charge in [0, 0.05) is 31.3 Å². The number of hydrogen-bond donors (Lipinski definition) is 2. The number of aromatic nitrogens is 2. The lowest BCUT2D eigenvalue weighted by Crippen LogP contribution is -2.28. The van der Waals surface area contributed by atoms with E-state index in [1.165, 1.54) is 0 Å². The lowest BCUT2D eigenvalue weighted by molar-refractivity contribution is -0.142. The normalized spacial score (nSPS) is 19.9. The average molecular weight is 209 g/mol. The van der Waals surface area contributed by atoms with Crippen LogP contribution in [0.1, 0.15) is 17.9 Å². The molecular formula is C10H15N3O2. The van der Waals surface area contributed by atoms with E-state index < -0.39 is 5.97 Å². The van der Waals surface area contributed by atoms with E-state index in [2.05, 4.69) is 4.98 Å². The molecule has 0 aromatic carbocycles. The fourth-order valence-corrected chi connectivity index (χ4v) is 2.04. The highest BCUT2D eigenvalue weighted by Gasteiger charge is 2.25. The third-order valence-electron chi connectivity index (χ3n) is 2.89. The first-order valence-electron chi connectivity index (χ1n) is 5.18. The molecule has 0 radical (unpaired) electrons. The van der Waals surface area contributed by atoms with Crippen LogP contribution in [0, 0.1) is 5.92 Å². The first-order valence-corrected chi connectivity index (χ1v) is 5.18. The fraction of sp³-hybridized carbons (Fsp3) is 0.600. The molecule has 0 saturated carbocycles. The number of carboxylic acids is 1. The number of aliphatic carboxylic acids is 1. The van der Waals surface area contributed by atoms with Crippen LogP contribution >= 0.6 is 0 Å². The smallest absolute Gasteiger partial charge is 0.308 e. The summed E-state index contributed by atoms with van der Waals surface area (Å²) in [6, 6.07) is 0. The zero-order valence-corrected chi connectivity index (χ0v) is 8.52. The van der Waals surface area contributed by atoms with E-state index >= 15 is 0 Å². The summed E-state index contributed by atoms with van der Waals surface area (Å²) in [6.45, 7) is 1.11. The molecule has 2 rings (SSSR count). The first-order chi connectivity index (χ1) is 7.22. The maximum absolute atomic E-state index is 10.9. The van der Waals surface area contributed by atoms with Gasteiger partial charge in [-0.1, -0.05) is 0 Å². The third kappa shape index (κ3) is 1.87. The van der Waals surface area contributed by atoms with Crippen molar-refractivity contribution in [2.75, 3.05) is 6.54 Å². The Balaban J connectivity index is 2.22. The minimum absolute atomic E-state index is 0.275. The van der Waals surface area contributed by atoms with Crippen molar-refractivity contribution in [3.8, 4) is 0 Å². The number of rotatable bonds is 3. The van der Waals surface area contributed by atoms with Crippen LogP contribution in [0.3, 0.4) is 0 Å². The third-order valence-corrected chi connectivity index (χ3v) is 2.89. The first kappa shape index (κ1) is 10.2. The van der Waals surface area contributed by atoms with Crippen LogP contribution in [-0.4, -0.2) is 27.2 Å². The van der Waals surface area contributed by atoms with Crippen molar-refractivity contribution >= 4 is 5.97 Å². The van der Waals surface area contributed by atoms with Crippen molar-refractivity contribution < 1.29 is 9.90 Å². The van der Waals surface area contributed by atoms with Gasteiger partial charge >= 0.3 is 5.97 Å². The van der Waals surface area contributed by atoms with E-state index in [0.29, 0.717) is 19.5 Å². The minimum atomic E-state index is -0.715. The van der Waals surface area contributed by atoms with Crippen LogP contribution in [-0.2, 0) is 24.2 Å². The van der Waals surface area contributed by atoms with Gasteiger partial charge in [-0.15, -0.1) is 0 Å². The van der Waals surface area contributed by atoms with Gasteiger partial charge in [0.05, 0.1) is 5.92 Å². The molecule has 15 heavy (non-hydrogen) atoms. The molecular weight excluding hydrogens is 194 g/mol. The molecule has 0 fully saturated rings. The van der Waals surface area contributed by atoms with Gasteiger partial charge in [-0.25, -0.2) is 4.98 Å². The minimum Gasteiger partial charge on any atom is -0.481 e. The SMILES string of the molecule is NCCc1cnc2n1CC(C(=O)O)CC2. The maximum atomic E-state index is 10.9. The monoisotopic (exact) mass is 209 g/mol. The number of carboxylic acid groups (broad SMARTS) is 1. The van der Waals surface area contributed by atoms with Gasteiger partial charge in [0.1, 0.15) is 5.82 Å². The number of imidazole rings is 1. The van der Waals surface area contributed by atoms with Gasteiger partial charge in [0.15, 0.2) is 0 Å². The van der Waals surface area contributed by atoms with E-state index in [-0.39, 0.29) is 5.92 Å². The van der Waals surface area contributed by atoms with Crippen LogP contribution in [0.15, 0.2) is 6.20 Å². The van der Waals surface area contributed by atoms with Gasteiger partial charge in [0.2, 0.25) is 0 Å². The van der Waals surface area contributed by atoms with Crippen LogP contribution in [0.5, 0.6) is 0 Å². The van der Waals surface area contributed by atoms with Crippen molar-refractivity contribution in [3.05, 3.63) is 17.7 Å². The standard InChI is InChI=1S/C10H15N3O2/c11-4-3-8-5-12-9-2-1-7(10(14)15)6-13(8)9/h5,7H,1-4,6,11H2,(H,14,15). The van der Waals surface area contributed by atoms with E-state index in [1.807, 2.05) is 10.8 Å². The van der Waals surface area contributed by atoms with E-state index in [1.54, 1.807) is 0 Å². The van der Waals surface area contributed by atoms with Gasteiger partial charge in [-0.05, 0) is 13.0 Å². The van der Waals surface area contributed by atoms with Crippen molar-refractivity contribution in [2.45, 2.75) is 25.8 Å². The zero-order valence-electron chi connectivity index (χ0n) is 8.52. The molecule has 1 aromatic rings. The van der Waals surface area contributed by atoms with E-state index in [0.717, 1.165) is 24.4 Å². The Morgan fingerprint density at radius 1 is 1.73 bits per heavy atom. The predicted molar refractivity (Wildman–Crippen MR) is 54.4 cm³/mol. The van der Waals surface area contributed by atoms with Gasteiger partial charge in [0.25, 0.3) is 0 Å². The topological polar surface area (TPSA) is 81.1 Å². The number of hydrogen-bond acceptors (Lipinski definition) is 3. The second-order valence-electron chi connectivity index (χ2n) is 3.89. The number of carbonyl (C=O) groups is 1. The van der Waals surface area contributed by atoms with Gasteiger partial charge in [-0.2, -0.15) is 0 Å². The molecule has 1 unspecified atom stereocenters. The summed E-state index contributed by atoms with van der Waals surface area (Å²) >= 11 is 0. The zero-order chi connectivity index (χ0) is 10.8. The summed E-state index contributed by atoms with van der Waals surface area (Å²) in [5.74, 6) is 0.00669. The second kappa shape index (κ2) is 4.02. The molecule has 0 bridgehead atoms. The lowest BCUT2D eigenvalue weighted by atomic mass is 9.99. The molecule has 0 aliphatic carbocycles. The molecule has 0 saturated heterocycles. The molecule has 2 heterocycles. The summed E-state index contributed by atoms with van der Waals surface area (Å²) in [6.07, 6.45) is 4.02. The van der Waals surface area contributed by atoms with Crippen molar-refractivity contribution in [1.82, 2.24) is 9.55 Å². The molecule has 5 nitrogen and oxygen atoms in total. The Kier molecular flexibility index (Phi) is 2.73. The number of aryl methyl sites for hydroxylation is 1. The summed E-state index contributed by atoms with van der Waals surface area (Å²) in [4.78, 5) is 15.2. The number of fused-ring (bicyclic) bond motifs is 1. The fourth-order valence-electron chi connectivity index (χ4n) is 2.04. The van der Waals surface area contributed by atoms with Crippen molar-refractivity contribution in [2.24, 2.45) is 11.7 Å². The summed E-state index contributed by atoms with van der Waals surface area (Å²) < 4.78 is 2.01. The Hall–Kier alpha value is -1.36. The van der Waals surface area contributed by atoms with Crippen LogP contribution in [0.4, 0.5) is 0 Å². The van der Waals surface area contributed by atoms with Crippen molar-refractivity contribution in [3.63, 3.8) is 0 Å². The quantitative estimate of drug-likeness (QED) is 0.736. The van der Waals surface area contributed by atoms with Gasteiger partial charge < -0.3 is 15.4 Å². The Morgan fingerprint density at radius 2 is 2.53 bits per heavy atom. The molecule has 5 heteroatoms. The number of nitrogens with zero attached hydrogens (tertiary/aromatic N) is 2. The Bertz CT molecular complexity index is 373. The Labute approximate surface area is 87.9 Å². The highest BCUT2D eigenvalue weighted by atomic mass is 16.4. The van der Waals surface area contributed by atoms with Gasteiger partial charge in [-0.3, -0.25) is 4.79 Å². The summed E-state index contributed by atoms with van der Waals surface area (Å²) in [7, 11) is 0. The maximum Gasteiger partial charge on any atom is 0.308 e. The molecule has 1 atom stereocenters. The Morgan fingerprint density at radius 3 is 3.20 bits per heavy atom. The van der Waals surface area contributed by atoms with Crippen LogP contribution in [0.25, 0.3) is 0 Å². The number of nitrogens with two attached hydrogens (primary N) is 1. The molecule has 1 aromatic heterocycles. The molecule has 1 aliphatic heterocycles. The molecule has 0 spiro atoms. The molecule has 1 aliphatic rings. The van der Waals surface area contributed by atoms with Crippen LogP contribution < -0.4 is 5.73 Å². The molecule has 3 N–H and O–H groups in total. The van der Waals surface area contributed by atoms with Crippen molar-refractivity contribution in [1.29, 1.82) is 0 Å². The molecule has 82 valence electrons. The largest absolute Gasteiger partial charge is 0.481 e. The lowest BCUT2D eigenvalue weighted by Gasteiger charge is -2.22. The average Bonchev–Trinajstić information content (AvgIpc) is 2.61. The summed E-state index contributed by atoms with van der Waals surface area (Å²) in [5.41, 5.74) is 6.54. The van der Waals surface area contributed by atoms with E-state index in [9.17, 15) is 4.79 Å². The second-order valence-corrected chi connectivity index (χ2v) is 3.89. The van der Waals surface area contributed by atoms with Crippen LogP contribution in [0.2, 0.25) is 0 Å². The molecule has 0 amide bonds. The summed E-state index contributed by atoms with van der Waals surface area (Å²) in [5, 5.41) is 8.96. The highest BCUT2D eigenvalue weighted by Crippen LogP contribution is 2.21. The highest BCUT2D eigenvalue weighted by molar-refractivity contribution is 5.70.